The van der Waals surface area contributed by atoms with Crippen molar-refractivity contribution in [2.24, 2.45) is 21.9 Å². The summed E-state index contributed by atoms with van der Waals surface area (Å²) in [6.45, 7) is 18.7. The third kappa shape index (κ3) is 11.3. The van der Waals surface area contributed by atoms with E-state index in [1.54, 1.807) is 27.9 Å². The molecule has 6 rings (SSSR count). The summed E-state index contributed by atoms with van der Waals surface area (Å²) in [6.07, 6.45) is 5.57. The summed E-state index contributed by atoms with van der Waals surface area (Å²) in [7, 11) is -3.71. The van der Waals surface area contributed by atoms with Crippen LogP contribution in [0, 0.1) is 5.41 Å². The maximum absolute atomic E-state index is 13.6. The van der Waals surface area contributed by atoms with Crippen LogP contribution in [0.4, 0.5) is 0 Å². The highest BCUT2D eigenvalue weighted by Crippen LogP contribution is 2.49. The quantitative estimate of drug-likeness (QED) is 0.0508. The zero-order valence-corrected chi connectivity index (χ0v) is 36.0. The summed E-state index contributed by atoms with van der Waals surface area (Å²) in [5, 5.41) is 7.56. The molecule has 14 nitrogen and oxygen atoms in total. The molecule has 4 aromatic rings. The lowest BCUT2D eigenvalue weighted by Gasteiger charge is -2.35. The first-order valence-corrected chi connectivity index (χ1v) is 21.8. The molecule has 0 atom stereocenters. The number of carbonyl (C=O) groups is 1. The molecule has 0 spiro atoms. The fourth-order valence-corrected chi connectivity index (χ4v) is 8.70. The average molecular weight is 818 g/mol. The second-order valence-corrected chi connectivity index (χ2v) is 19.3. The molecule has 0 radical (unpaired) electrons. The summed E-state index contributed by atoms with van der Waals surface area (Å²) in [5.41, 5.74) is 14.2. The molecule has 1 saturated heterocycles. The van der Waals surface area contributed by atoms with Gasteiger partial charge < -0.3 is 31.8 Å². The third-order valence-corrected chi connectivity index (χ3v) is 12.6. The summed E-state index contributed by atoms with van der Waals surface area (Å²) < 4.78 is 35.7. The van der Waals surface area contributed by atoms with Crippen LogP contribution in [0.3, 0.4) is 0 Å². The molecule has 2 aliphatic rings. The van der Waals surface area contributed by atoms with Crippen molar-refractivity contribution < 1.29 is 17.9 Å². The topological polar surface area (TPSA) is 203 Å². The number of guanidine groups is 1. The Morgan fingerprint density at radius 2 is 1.67 bits per heavy atom. The van der Waals surface area contributed by atoms with E-state index in [1.807, 2.05) is 42.6 Å². The number of carbonyl (C=O) groups excluding carboxylic acids is 1. The van der Waals surface area contributed by atoms with E-state index < -0.39 is 15.4 Å². The monoisotopic (exact) mass is 817 g/mol. The first-order valence-electron chi connectivity index (χ1n) is 20.3. The molecule has 1 aliphatic heterocycles. The summed E-state index contributed by atoms with van der Waals surface area (Å²) in [6, 6.07) is 17.0. The second-order valence-electron chi connectivity index (χ2n) is 17.4. The molecule has 0 unspecified atom stereocenters. The van der Waals surface area contributed by atoms with Crippen molar-refractivity contribution >= 4 is 33.0 Å². The van der Waals surface area contributed by atoms with Gasteiger partial charge in [-0.2, -0.15) is 9.29 Å². The van der Waals surface area contributed by atoms with Crippen LogP contribution in [0.5, 0.6) is 0 Å². The fraction of sp³-hybridized carbons (Fsp3) is 0.535. The highest BCUT2D eigenvalue weighted by atomic mass is 32.2. The lowest BCUT2D eigenvalue weighted by atomic mass is 9.87. The van der Waals surface area contributed by atoms with Crippen LogP contribution in [0.15, 0.2) is 75.5 Å². The molecule has 7 N–H and O–H groups in total. The Morgan fingerprint density at radius 3 is 2.24 bits per heavy atom. The van der Waals surface area contributed by atoms with Crippen LogP contribution in [-0.4, -0.2) is 84.6 Å². The molecule has 3 heterocycles. The van der Waals surface area contributed by atoms with Crippen molar-refractivity contribution in [3.8, 4) is 5.69 Å². The normalized spacial score (nSPS) is 15.8. The minimum Gasteiger partial charge on any atom is -0.466 e. The van der Waals surface area contributed by atoms with Crippen LogP contribution in [0.1, 0.15) is 97.4 Å². The predicted octanol–water partition coefficient (Wildman–Crippen LogP) is 4.83. The van der Waals surface area contributed by atoms with Gasteiger partial charge in [0.2, 0.25) is 10.0 Å². The number of H-pyrrole nitrogens is 1. The van der Waals surface area contributed by atoms with Gasteiger partial charge in [-0.25, -0.2) is 13.2 Å². The van der Waals surface area contributed by atoms with Crippen LogP contribution in [0.2, 0.25) is 0 Å². The first-order chi connectivity index (χ1) is 27.3. The van der Waals surface area contributed by atoms with Gasteiger partial charge in [-0.1, -0.05) is 65.8 Å². The number of esters is 1. The van der Waals surface area contributed by atoms with Crippen molar-refractivity contribution in [1.29, 1.82) is 0 Å². The van der Waals surface area contributed by atoms with Gasteiger partial charge >= 0.3 is 11.7 Å². The Bertz CT molecular complexity index is 2190. The van der Waals surface area contributed by atoms with Gasteiger partial charge in [-0.3, -0.25) is 14.4 Å². The van der Waals surface area contributed by atoms with E-state index in [9.17, 15) is 18.0 Å². The average Bonchev–Trinajstić information content (AvgIpc) is 3.85. The number of sulfonamides is 1. The summed E-state index contributed by atoms with van der Waals surface area (Å²) >= 11 is 0. The summed E-state index contributed by atoms with van der Waals surface area (Å²) in [5.74, 6) is -0.144. The number of aliphatic imine (C=N–C) groups is 1. The molecule has 0 amide bonds. The zero-order chi connectivity index (χ0) is 42.3. The van der Waals surface area contributed by atoms with Crippen molar-refractivity contribution in [3.63, 3.8) is 0 Å². The van der Waals surface area contributed by atoms with Gasteiger partial charge in [0.15, 0.2) is 5.96 Å². The van der Waals surface area contributed by atoms with E-state index in [0.717, 1.165) is 73.3 Å². The Morgan fingerprint density at radius 1 is 1.02 bits per heavy atom. The largest absolute Gasteiger partial charge is 0.466 e. The van der Waals surface area contributed by atoms with E-state index in [2.05, 4.69) is 73.2 Å². The molecular formula is C43H63N9O5S. The molecule has 1 aliphatic carbocycles. The number of hydrogen-bond donors (Lipinski definition) is 5. The predicted molar refractivity (Wildman–Crippen MR) is 231 cm³/mol. The van der Waals surface area contributed by atoms with Gasteiger partial charge in [-0.15, -0.1) is 0 Å². The molecular weight excluding hydrogens is 755 g/mol. The number of nitrogens with zero attached hydrogens (tertiary/aromatic N) is 4. The zero-order valence-electron chi connectivity index (χ0n) is 35.2. The number of benzene rings is 2. The SMILES string of the molecule is CC(C)(C)c1cc2cn(-c3ccc(CNCCCN=C(N)N)cc3)c(=O)nc2[nH]1.CCOC(=O)C1(CN(C2CCNCC2)S(=O)(=O)c2ccc(C(C)(C)C)cc2)CC1. The van der Waals surface area contributed by atoms with Crippen molar-refractivity contribution in [2.75, 3.05) is 39.3 Å². The molecule has 2 fully saturated rings. The minimum absolute atomic E-state index is 0.0352. The van der Waals surface area contributed by atoms with Gasteiger partial charge in [-0.05, 0) is 106 Å². The van der Waals surface area contributed by atoms with Crippen molar-refractivity contribution in [1.82, 2.24) is 29.5 Å². The maximum atomic E-state index is 13.6. The van der Waals surface area contributed by atoms with Crippen LogP contribution in [0.25, 0.3) is 16.7 Å². The van der Waals surface area contributed by atoms with E-state index in [1.165, 1.54) is 0 Å². The Balaban J connectivity index is 0.000000221. The van der Waals surface area contributed by atoms with Gasteiger partial charge in [0, 0.05) is 48.4 Å². The van der Waals surface area contributed by atoms with E-state index in [0.29, 0.717) is 36.5 Å². The maximum Gasteiger partial charge on any atom is 0.354 e. The number of hydrogen-bond acceptors (Lipinski definition) is 9. The number of ether oxygens (including phenoxy) is 1. The second kappa shape index (κ2) is 18.6. The molecule has 0 bridgehead atoms. The van der Waals surface area contributed by atoms with Gasteiger partial charge in [0.1, 0.15) is 5.65 Å². The van der Waals surface area contributed by atoms with Crippen LogP contribution >= 0.6 is 0 Å². The lowest BCUT2D eigenvalue weighted by molar-refractivity contribution is -0.150. The third-order valence-electron chi connectivity index (χ3n) is 10.7. The van der Waals surface area contributed by atoms with E-state index in [4.69, 9.17) is 16.2 Å². The number of aromatic nitrogens is 3. The van der Waals surface area contributed by atoms with Gasteiger partial charge in [0.05, 0.1) is 22.6 Å². The Kier molecular flexibility index (Phi) is 14.3. The fourth-order valence-electron chi connectivity index (χ4n) is 6.93. The lowest BCUT2D eigenvalue weighted by Crippen LogP contribution is -2.49. The van der Waals surface area contributed by atoms with Crippen molar-refractivity contribution in [3.05, 3.63) is 88.1 Å². The standard InChI is InChI=1S/C22H34N2O4S.C21H29N7O/c1-5-28-20(25)22(12-13-22)16-24(18-10-14-23-15-11-18)29(26,27)19-8-6-17(7-9-19)21(2,3)4;1-21(2,3)17-11-15-13-28(20(29)27-18(15)26-17)16-7-5-14(6-8-16)12-24-9-4-10-25-19(22)23/h6-9,18,23H,5,10-16H2,1-4H3;5-8,11,13,24H,4,9-10,12H2,1-3H3,(H4,22,23,25)(H,26,27,29). The number of rotatable bonds is 14. The highest BCUT2D eigenvalue weighted by molar-refractivity contribution is 7.89. The number of aromatic amines is 1. The van der Waals surface area contributed by atoms with Crippen molar-refractivity contribution in [2.45, 2.75) is 109 Å². The van der Waals surface area contributed by atoms with E-state index in [-0.39, 0.29) is 41.0 Å². The van der Waals surface area contributed by atoms with Crippen LogP contribution < -0.4 is 27.8 Å². The van der Waals surface area contributed by atoms with Gasteiger partial charge in [0.25, 0.3) is 0 Å². The molecule has 2 aromatic heterocycles. The molecule has 2 aromatic carbocycles. The first kappa shape index (κ1) is 44.5. The highest BCUT2D eigenvalue weighted by Gasteiger charge is 2.54. The number of nitrogens with one attached hydrogen (secondary N) is 3. The number of nitrogens with two attached hydrogens (primary N) is 2. The number of fused-ring (bicyclic) bond motifs is 1. The molecule has 15 heteroatoms. The number of piperidine rings is 1. The minimum atomic E-state index is -3.71. The smallest absolute Gasteiger partial charge is 0.354 e. The molecule has 58 heavy (non-hydrogen) atoms. The Labute approximate surface area is 343 Å². The summed E-state index contributed by atoms with van der Waals surface area (Å²) in [4.78, 5) is 36.7. The Hall–Kier alpha value is -4.57. The van der Waals surface area contributed by atoms with E-state index >= 15 is 0 Å². The molecule has 1 saturated carbocycles. The molecule has 316 valence electrons. The van der Waals surface area contributed by atoms with Crippen LogP contribution in [-0.2, 0) is 36.9 Å².